The van der Waals surface area contributed by atoms with E-state index in [4.69, 9.17) is 0 Å². The second-order valence-corrected chi connectivity index (χ2v) is 5.93. The Morgan fingerprint density at radius 2 is 1.17 bits per heavy atom. The molecule has 1 N–H and O–H groups in total. The van der Waals surface area contributed by atoms with Crippen LogP contribution in [0.3, 0.4) is 0 Å². The minimum Gasteiger partial charge on any atom is -0.393 e. The van der Waals surface area contributed by atoms with Gasteiger partial charge in [0.05, 0.1) is 6.10 Å². The van der Waals surface area contributed by atoms with Gasteiger partial charge in [0.2, 0.25) is 0 Å². The fourth-order valence-corrected chi connectivity index (χ4v) is 6.57. The number of aliphatic hydroxyl groups is 1. The number of aliphatic hydroxyl groups excluding tert-OH is 1. The smallest absolute Gasteiger partial charge is 0.0607 e. The summed E-state index contributed by atoms with van der Waals surface area (Å²) in [5, 5.41) is 10.1. The average molecular weight is 162 g/mol. The molecule has 0 radical (unpaired) electrons. The van der Waals surface area contributed by atoms with E-state index in [-0.39, 0.29) is 6.10 Å². The van der Waals surface area contributed by atoms with Gasteiger partial charge in [0.25, 0.3) is 0 Å². The molecule has 6 aliphatic carbocycles. The predicted molar refractivity (Wildman–Crippen MR) is 43.2 cm³/mol. The minimum absolute atomic E-state index is 0.146. The Labute approximate surface area is 72.2 Å². The van der Waals surface area contributed by atoms with E-state index in [1.54, 1.807) is 0 Å². The van der Waals surface area contributed by atoms with E-state index in [0.717, 1.165) is 47.3 Å². The topological polar surface area (TPSA) is 20.2 Å². The zero-order valence-electron chi connectivity index (χ0n) is 7.06. The SMILES string of the molecule is OC1[C@@H]2[C@@H]3C[C@@H]4[C@H]5C[C@@H]([C@@H]1[C@H]53)[C@@H]42. The highest BCUT2D eigenvalue weighted by atomic mass is 16.3. The van der Waals surface area contributed by atoms with Gasteiger partial charge < -0.3 is 5.11 Å². The van der Waals surface area contributed by atoms with Crippen LogP contribution in [0.15, 0.2) is 0 Å². The van der Waals surface area contributed by atoms with Crippen LogP contribution in [0.5, 0.6) is 0 Å². The first-order chi connectivity index (χ1) is 5.88. The Kier molecular flexibility index (Phi) is 0.609. The van der Waals surface area contributed by atoms with Crippen LogP contribution in [0.2, 0.25) is 0 Å². The van der Waals surface area contributed by atoms with Gasteiger partial charge in [0.15, 0.2) is 0 Å². The van der Waals surface area contributed by atoms with E-state index >= 15 is 0 Å². The molecule has 0 unspecified atom stereocenters. The maximum Gasteiger partial charge on any atom is 0.0607 e. The molecule has 8 atom stereocenters. The molecule has 0 saturated heterocycles. The molecule has 6 bridgehead atoms. The molecule has 1 heteroatoms. The summed E-state index contributed by atoms with van der Waals surface area (Å²) in [6.07, 6.45) is 3.16. The van der Waals surface area contributed by atoms with E-state index in [9.17, 15) is 5.11 Å². The lowest BCUT2D eigenvalue weighted by Crippen LogP contribution is -2.30. The van der Waals surface area contributed by atoms with Gasteiger partial charge in [-0.1, -0.05) is 0 Å². The van der Waals surface area contributed by atoms with E-state index in [0.29, 0.717) is 0 Å². The van der Waals surface area contributed by atoms with Crippen molar-refractivity contribution in [2.24, 2.45) is 47.3 Å². The summed E-state index contributed by atoms with van der Waals surface area (Å²) >= 11 is 0. The lowest BCUT2D eigenvalue weighted by molar-refractivity contribution is 0.116. The standard InChI is InChI=1S/C11H14O/c12-11-9-5-1-3-4-2-6(7(3)9)10(11)8(4)5/h3-12H,1-2H2/t3-,4-,5-,6-,7-,8-,9-,10-/m1/s1. The van der Waals surface area contributed by atoms with Gasteiger partial charge in [-0.05, 0) is 60.2 Å². The summed E-state index contributed by atoms with van der Waals surface area (Å²) in [7, 11) is 0. The first kappa shape index (κ1) is 5.64. The van der Waals surface area contributed by atoms with Crippen molar-refractivity contribution in [3.8, 4) is 0 Å². The quantitative estimate of drug-likeness (QED) is 0.566. The largest absolute Gasteiger partial charge is 0.393 e. The van der Waals surface area contributed by atoms with Gasteiger partial charge >= 0.3 is 0 Å². The summed E-state index contributed by atoms with van der Waals surface area (Å²) < 4.78 is 0. The molecule has 6 rings (SSSR count). The molecule has 0 aromatic carbocycles. The molecule has 0 heterocycles. The summed E-state index contributed by atoms with van der Waals surface area (Å²) in [6.45, 7) is 0. The third-order valence-corrected chi connectivity index (χ3v) is 6.28. The van der Waals surface area contributed by atoms with Crippen LogP contribution < -0.4 is 0 Å². The van der Waals surface area contributed by atoms with E-state index in [1.807, 2.05) is 0 Å². The molecular formula is C11H14O. The molecule has 1 nitrogen and oxygen atoms in total. The van der Waals surface area contributed by atoms with Crippen LogP contribution in [-0.2, 0) is 0 Å². The van der Waals surface area contributed by atoms with Crippen LogP contribution in [0.25, 0.3) is 0 Å². The van der Waals surface area contributed by atoms with Gasteiger partial charge in [0.1, 0.15) is 0 Å². The molecule has 64 valence electrons. The highest BCUT2D eigenvalue weighted by Gasteiger charge is 2.80. The second-order valence-electron chi connectivity index (χ2n) is 5.93. The van der Waals surface area contributed by atoms with E-state index in [2.05, 4.69) is 0 Å². The maximum absolute atomic E-state index is 10.1. The molecule has 0 aromatic heterocycles. The lowest BCUT2D eigenvalue weighted by Gasteiger charge is -2.33. The van der Waals surface area contributed by atoms with Crippen LogP contribution >= 0.6 is 0 Å². The van der Waals surface area contributed by atoms with Crippen molar-refractivity contribution in [1.82, 2.24) is 0 Å². The van der Waals surface area contributed by atoms with Crippen molar-refractivity contribution in [3.05, 3.63) is 0 Å². The third kappa shape index (κ3) is 0.296. The molecule has 6 saturated carbocycles. The second kappa shape index (κ2) is 1.30. The Bertz CT molecular complexity index is 251. The van der Waals surface area contributed by atoms with Crippen molar-refractivity contribution in [1.29, 1.82) is 0 Å². The summed E-state index contributed by atoms with van der Waals surface area (Å²) in [4.78, 5) is 0. The normalized spacial score (nSPS) is 85.2. The lowest BCUT2D eigenvalue weighted by atomic mass is 9.71. The monoisotopic (exact) mass is 162 g/mol. The van der Waals surface area contributed by atoms with Crippen molar-refractivity contribution < 1.29 is 5.11 Å². The van der Waals surface area contributed by atoms with Gasteiger partial charge in [-0.2, -0.15) is 0 Å². The zero-order chi connectivity index (χ0) is 7.61. The highest BCUT2D eigenvalue weighted by Crippen LogP contribution is 2.82. The van der Waals surface area contributed by atoms with Crippen LogP contribution in [0.4, 0.5) is 0 Å². The summed E-state index contributed by atoms with van der Waals surface area (Å²) in [5.41, 5.74) is 0. The van der Waals surface area contributed by atoms with E-state index in [1.165, 1.54) is 12.8 Å². The van der Waals surface area contributed by atoms with E-state index < -0.39 is 0 Å². The predicted octanol–water partition coefficient (Wildman–Crippen LogP) is 1.13. The Morgan fingerprint density at radius 1 is 0.667 bits per heavy atom. The summed E-state index contributed by atoms with van der Waals surface area (Å²) in [5.74, 6) is 7.73. The third-order valence-electron chi connectivity index (χ3n) is 6.28. The van der Waals surface area contributed by atoms with Gasteiger partial charge in [-0.15, -0.1) is 0 Å². The van der Waals surface area contributed by atoms with Crippen molar-refractivity contribution in [2.75, 3.05) is 0 Å². The molecule has 0 aliphatic heterocycles. The fourth-order valence-electron chi connectivity index (χ4n) is 6.57. The van der Waals surface area contributed by atoms with Gasteiger partial charge in [-0.3, -0.25) is 0 Å². The summed E-state index contributed by atoms with van der Waals surface area (Å²) in [6, 6.07) is 0. The molecular weight excluding hydrogens is 148 g/mol. The van der Waals surface area contributed by atoms with Crippen molar-refractivity contribution >= 4 is 0 Å². The first-order valence-corrected chi connectivity index (χ1v) is 5.56. The number of rotatable bonds is 0. The minimum atomic E-state index is 0.146. The highest BCUT2D eigenvalue weighted by molar-refractivity contribution is 5.27. The van der Waals surface area contributed by atoms with Crippen LogP contribution in [-0.4, -0.2) is 11.2 Å². The first-order valence-electron chi connectivity index (χ1n) is 5.56. The van der Waals surface area contributed by atoms with Gasteiger partial charge in [-0.25, -0.2) is 0 Å². The molecule has 6 aliphatic rings. The van der Waals surface area contributed by atoms with Crippen molar-refractivity contribution in [3.63, 3.8) is 0 Å². The van der Waals surface area contributed by atoms with Crippen LogP contribution in [0, 0.1) is 47.3 Å². The number of hydrogen-bond acceptors (Lipinski definition) is 1. The Balaban J connectivity index is 1.89. The number of hydrogen-bond donors (Lipinski definition) is 1. The average Bonchev–Trinajstić information content (AvgIpc) is 2.68. The van der Waals surface area contributed by atoms with Gasteiger partial charge in [0, 0.05) is 0 Å². The van der Waals surface area contributed by atoms with Crippen LogP contribution in [0.1, 0.15) is 12.8 Å². The Hall–Kier alpha value is -0.0400. The van der Waals surface area contributed by atoms with Crippen molar-refractivity contribution in [2.45, 2.75) is 18.9 Å². The molecule has 6 fully saturated rings. The fraction of sp³-hybridized carbons (Fsp3) is 1.00. The molecule has 0 amide bonds. The zero-order valence-corrected chi connectivity index (χ0v) is 7.06. The Morgan fingerprint density at radius 3 is 1.67 bits per heavy atom. The molecule has 12 heavy (non-hydrogen) atoms. The maximum atomic E-state index is 10.1. The molecule has 0 spiro atoms. The molecule has 0 aromatic rings.